The third-order valence-electron chi connectivity index (χ3n) is 6.81. The van der Waals surface area contributed by atoms with Gasteiger partial charge in [-0.15, -0.1) is 0 Å². The number of hydrogen-bond acceptors (Lipinski definition) is 13. The van der Waals surface area contributed by atoms with E-state index in [0.29, 0.717) is 120 Å². The van der Waals surface area contributed by atoms with E-state index in [1.165, 1.54) is 0 Å². The number of carbonyl (C=O) groups excluding carboxylic acids is 2. The molecule has 272 valence electrons. The normalized spacial score (nSPS) is 10.9. The Hall–Kier alpha value is -4.70. The number of aliphatic imine (C=N–C) groups is 1. The highest BCUT2D eigenvalue weighted by molar-refractivity contribution is 5.94. The molecule has 0 saturated heterocycles. The van der Waals surface area contributed by atoms with E-state index >= 15 is 0 Å². The van der Waals surface area contributed by atoms with Crippen LogP contribution in [0.1, 0.15) is 41.0 Å². The van der Waals surface area contributed by atoms with Crippen molar-refractivity contribution in [3.8, 4) is 0 Å². The van der Waals surface area contributed by atoms with Crippen LogP contribution in [-0.4, -0.2) is 119 Å². The van der Waals surface area contributed by atoms with Gasteiger partial charge >= 0.3 is 0 Å². The van der Waals surface area contributed by atoms with E-state index in [1.54, 1.807) is 36.4 Å². The summed E-state index contributed by atoms with van der Waals surface area (Å²) < 4.78 is 22.0. The zero-order valence-corrected chi connectivity index (χ0v) is 29.1. The largest absolute Gasteiger partial charge is 0.377 e. The molecule has 0 fully saturated rings. The lowest BCUT2D eigenvalue weighted by Crippen LogP contribution is -2.27. The second-order valence-corrected chi connectivity index (χ2v) is 11.3. The van der Waals surface area contributed by atoms with Crippen LogP contribution in [0.4, 0.5) is 23.5 Å². The Morgan fingerprint density at radius 3 is 1.70 bits per heavy atom. The fraction of sp³-hybridized carbons (Fsp3) is 0.486. The van der Waals surface area contributed by atoms with Gasteiger partial charge in [0.15, 0.2) is 0 Å². The van der Waals surface area contributed by atoms with Crippen molar-refractivity contribution in [1.82, 2.24) is 25.6 Å². The van der Waals surface area contributed by atoms with Crippen molar-refractivity contribution in [2.75, 3.05) is 102 Å². The summed E-state index contributed by atoms with van der Waals surface area (Å²) in [6.45, 7) is 13.7. The number of carbonyl (C=O) groups is 2. The second-order valence-electron chi connectivity index (χ2n) is 11.3. The number of benzene rings is 2. The van der Waals surface area contributed by atoms with E-state index < -0.39 is 0 Å². The van der Waals surface area contributed by atoms with Crippen LogP contribution in [0.25, 0.3) is 0 Å². The van der Waals surface area contributed by atoms with Gasteiger partial charge in [-0.05, 0) is 55.5 Å². The molecular weight excluding hydrogens is 642 g/mol. The van der Waals surface area contributed by atoms with Crippen molar-refractivity contribution < 1.29 is 28.5 Å². The van der Waals surface area contributed by atoms with Gasteiger partial charge in [0.2, 0.25) is 17.8 Å². The fourth-order valence-electron chi connectivity index (χ4n) is 4.17. The summed E-state index contributed by atoms with van der Waals surface area (Å²) in [5.74, 6) is 1.39. The number of nitrogens with one attached hydrogen (secondary N) is 5. The summed E-state index contributed by atoms with van der Waals surface area (Å²) in [5, 5.41) is 15.3. The SMILES string of the molecule is C=NCCOCCOCCNC(=O)c1ccc(Nc2nc(NCCOCCOCCNC(=O)c3ccccc3)nc(NCCC(C)C)n2)cc1. The molecule has 1 aromatic heterocycles. The minimum Gasteiger partial charge on any atom is -0.377 e. The maximum absolute atomic E-state index is 12.5. The van der Waals surface area contributed by atoms with Crippen LogP contribution in [0.3, 0.4) is 0 Å². The van der Waals surface area contributed by atoms with Crippen molar-refractivity contribution in [1.29, 1.82) is 0 Å². The Balaban J connectivity index is 1.38. The van der Waals surface area contributed by atoms with Gasteiger partial charge in [-0.1, -0.05) is 32.0 Å². The topological polar surface area (TPSA) is 182 Å². The van der Waals surface area contributed by atoms with E-state index in [0.717, 1.165) is 13.0 Å². The average Bonchev–Trinajstić information content (AvgIpc) is 3.12. The minimum absolute atomic E-state index is 0.126. The summed E-state index contributed by atoms with van der Waals surface area (Å²) in [6, 6.07) is 16.1. The van der Waals surface area contributed by atoms with E-state index in [4.69, 9.17) is 18.9 Å². The molecule has 0 unspecified atom stereocenters. The first kappa shape index (κ1) is 39.7. The monoisotopic (exact) mass is 693 g/mol. The predicted molar refractivity (Wildman–Crippen MR) is 195 cm³/mol. The minimum atomic E-state index is -0.196. The maximum Gasteiger partial charge on any atom is 0.251 e. The highest BCUT2D eigenvalue weighted by atomic mass is 16.5. The van der Waals surface area contributed by atoms with Crippen LogP contribution in [-0.2, 0) is 18.9 Å². The standard InChI is InChI=1S/C35H51N9O6/c1-27(2)13-14-39-33-42-34(40-18-22-50-26-25-49-20-16-37-31(45)28-7-5-4-6-8-28)44-35(43-33)41-30-11-9-29(10-12-30)32(46)38-17-21-48-24-23-47-19-15-36-3/h4-12,27H,3,13-26H2,1-2H3,(H,37,45)(H,38,46)(H3,39,40,41,42,43,44). The predicted octanol–water partition coefficient (Wildman–Crippen LogP) is 3.41. The average molecular weight is 694 g/mol. The Bertz CT molecular complexity index is 1400. The van der Waals surface area contributed by atoms with Crippen LogP contribution in [0.5, 0.6) is 0 Å². The summed E-state index contributed by atoms with van der Waals surface area (Å²) in [6.07, 6.45) is 0.963. The molecule has 1 heterocycles. The number of anilines is 4. The molecule has 3 rings (SSSR count). The molecule has 0 saturated carbocycles. The molecule has 0 spiro atoms. The fourth-order valence-corrected chi connectivity index (χ4v) is 4.17. The van der Waals surface area contributed by atoms with Crippen LogP contribution >= 0.6 is 0 Å². The molecule has 0 aliphatic heterocycles. The Labute approximate surface area is 294 Å². The second kappa shape index (κ2) is 24.4. The van der Waals surface area contributed by atoms with Gasteiger partial charge in [0.25, 0.3) is 11.8 Å². The molecule has 0 bridgehead atoms. The molecule has 0 aliphatic carbocycles. The summed E-state index contributed by atoms with van der Waals surface area (Å²) in [4.78, 5) is 41.8. The number of nitrogens with zero attached hydrogens (tertiary/aromatic N) is 4. The zero-order chi connectivity index (χ0) is 35.7. The summed E-state index contributed by atoms with van der Waals surface area (Å²) in [7, 11) is 0. The Kier molecular flexibility index (Phi) is 19.4. The van der Waals surface area contributed by atoms with E-state index in [-0.39, 0.29) is 11.8 Å². The van der Waals surface area contributed by atoms with E-state index in [2.05, 4.69) is 67.1 Å². The highest BCUT2D eigenvalue weighted by Gasteiger charge is 2.10. The smallest absolute Gasteiger partial charge is 0.251 e. The van der Waals surface area contributed by atoms with Gasteiger partial charge in [-0.2, -0.15) is 15.0 Å². The molecule has 0 radical (unpaired) electrons. The molecule has 15 nitrogen and oxygen atoms in total. The van der Waals surface area contributed by atoms with Crippen molar-refractivity contribution in [3.05, 3.63) is 65.7 Å². The number of aromatic nitrogens is 3. The summed E-state index contributed by atoms with van der Waals surface area (Å²) >= 11 is 0. The van der Waals surface area contributed by atoms with Gasteiger partial charge < -0.3 is 45.5 Å². The molecule has 3 aromatic rings. The first-order valence-electron chi connectivity index (χ1n) is 16.9. The van der Waals surface area contributed by atoms with Crippen molar-refractivity contribution in [2.45, 2.75) is 20.3 Å². The number of rotatable bonds is 27. The first-order valence-corrected chi connectivity index (χ1v) is 16.9. The molecule has 50 heavy (non-hydrogen) atoms. The van der Waals surface area contributed by atoms with E-state index in [1.807, 2.05) is 18.2 Å². The quantitative estimate of drug-likeness (QED) is 0.0581. The van der Waals surface area contributed by atoms with Gasteiger partial charge in [0.1, 0.15) is 0 Å². The van der Waals surface area contributed by atoms with Crippen molar-refractivity contribution >= 4 is 42.1 Å². The van der Waals surface area contributed by atoms with E-state index in [9.17, 15) is 9.59 Å². The van der Waals surface area contributed by atoms with Gasteiger partial charge in [-0.3, -0.25) is 14.6 Å². The van der Waals surface area contributed by atoms with Crippen LogP contribution < -0.4 is 26.6 Å². The first-order chi connectivity index (χ1) is 24.4. The number of amides is 2. The molecule has 5 N–H and O–H groups in total. The summed E-state index contributed by atoms with van der Waals surface area (Å²) in [5.41, 5.74) is 1.85. The maximum atomic E-state index is 12.5. The number of hydrogen-bond donors (Lipinski definition) is 5. The molecule has 2 amide bonds. The molecular formula is C35H51N9O6. The lowest BCUT2D eigenvalue weighted by atomic mass is 10.1. The lowest BCUT2D eigenvalue weighted by molar-refractivity contribution is 0.0512. The molecule has 2 aromatic carbocycles. The molecule has 0 aliphatic rings. The van der Waals surface area contributed by atoms with Crippen molar-refractivity contribution in [2.24, 2.45) is 10.9 Å². The Morgan fingerprint density at radius 1 is 0.640 bits per heavy atom. The van der Waals surface area contributed by atoms with Crippen LogP contribution in [0.2, 0.25) is 0 Å². The van der Waals surface area contributed by atoms with Gasteiger partial charge in [0.05, 0.1) is 59.4 Å². The van der Waals surface area contributed by atoms with Gasteiger partial charge in [0, 0.05) is 43.0 Å². The third-order valence-corrected chi connectivity index (χ3v) is 6.81. The van der Waals surface area contributed by atoms with Gasteiger partial charge in [-0.25, -0.2) is 0 Å². The van der Waals surface area contributed by atoms with Crippen molar-refractivity contribution in [3.63, 3.8) is 0 Å². The Morgan fingerprint density at radius 2 is 1.14 bits per heavy atom. The highest BCUT2D eigenvalue weighted by Crippen LogP contribution is 2.17. The third kappa shape index (κ3) is 17.1. The lowest BCUT2D eigenvalue weighted by Gasteiger charge is -2.12. The van der Waals surface area contributed by atoms with Crippen LogP contribution in [0.15, 0.2) is 59.6 Å². The zero-order valence-electron chi connectivity index (χ0n) is 29.1. The van der Waals surface area contributed by atoms with Crippen LogP contribution in [0, 0.1) is 5.92 Å². The molecule has 15 heteroatoms. The molecule has 0 atom stereocenters. The number of ether oxygens (including phenoxy) is 4.